The van der Waals surface area contributed by atoms with Crippen LogP contribution in [0.4, 0.5) is 17.1 Å². The Balaban J connectivity index is 1.14. The first-order valence-corrected chi connectivity index (χ1v) is 19.5. The molecule has 0 spiro atoms. The van der Waals surface area contributed by atoms with Gasteiger partial charge in [-0.05, 0) is 99.3 Å². The third kappa shape index (κ3) is 5.40. The molecule has 2 heterocycles. The predicted octanol–water partition coefficient (Wildman–Crippen LogP) is 15.6. The summed E-state index contributed by atoms with van der Waals surface area (Å²) in [4.78, 5) is 2.36. The van der Waals surface area contributed by atoms with Gasteiger partial charge in [-0.1, -0.05) is 140 Å². The van der Waals surface area contributed by atoms with Crippen molar-refractivity contribution in [2.75, 3.05) is 4.90 Å². The third-order valence-corrected chi connectivity index (χ3v) is 12.0. The van der Waals surface area contributed by atoms with Gasteiger partial charge < -0.3 is 9.32 Å². The third-order valence-electron chi connectivity index (χ3n) is 10.8. The lowest BCUT2D eigenvalue weighted by atomic mass is 9.96. The molecule has 9 aromatic carbocycles. The summed E-state index contributed by atoms with van der Waals surface area (Å²) in [5.74, 6) is 0. The Morgan fingerprint density at radius 2 is 1.00 bits per heavy atom. The van der Waals surface area contributed by atoms with E-state index in [0.717, 1.165) is 55.7 Å². The Morgan fingerprint density at radius 1 is 0.345 bits per heavy atom. The highest BCUT2D eigenvalue weighted by molar-refractivity contribution is 7.25. The van der Waals surface area contributed by atoms with E-state index in [4.69, 9.17) is 4.42 Å². The topological polar surface area (TPSA) is 16.4 Å². The largest absolute Gasteiger partial charge is 0.453 e. The van der Waals surface area contributed by atoms with Gasteiger partial charge in [-0.3, -0.25) is 0 Å². The van der Waals surface area contributed by atoms with Crippen LogP contribution in [0.1, 0.15) is 0 Å². The molecule has 0 bridgehead atoms. The van der Waals surface area contributed by atoms with Crippen LogP contribution in [0.2, 0.25) is 0 Å². The molecule has 0 aliphatic carbocycles. The van der Waals surface area contributed by atoms with Crippen LogP contribution in [-0.2, 0) is 0 Å². The molecular formula is C52H33NOS. The Morgan fingerprint density at radius 3 is 1.84 bits per heavy atom. The van der Waals surface area contributed by atoms with Gasteiger partial charge >= 0.3 is 0 Å². The van der Waals surface area contributed by atoms with Gasteiger partial charge in [0.25, 0.3) is 0 Å². The normalized spacial score (nSPS) is 11.6. The van der Waals surface area contributed by atoms with Crippen molar-refractivity contribution in [1.29, 1.82) is 0 Å². The number of rotatable bonds is 6. The summed E-state index contributed by atoms with van der Waals surface area (Å²) in [6.07, 6.45) is 0. The van der Waals surface area contributed by atoms with Crippen molar-refractivity contribution in [2.45, 2.75) is 0 Å². The minimum absolute atomic E-state index is 0.855. The van der Waals surface area contributed by atoms with Crippen molar-refractivity contribution in [2.24, 2.45) is 0 Å². The second-order valence-corrected chi connectivity index (χ2v) is 15.2. The molecule has 2 aromatic heterocycles. The van der Waals surface area contributed by atoms with E-state index < -0.39 is 0 Å². The molecule has 0 amide bonds. The summed E-state index contributed by atoms with van der Waals surface area (Å²) in [5.41, 5.74) is 11.8. The predicted molar refractivity (Wildman–Crippen MR) is 235 cm³/mol. The lowest BCUT2D eigenvalue weighted by Gasteiger charge is -2.26. The van der Waals surface area contributed by atoms with Gasteiger partial charge in [-0.15, -0.1) is 11.3 Å². The molecule has 0 atom stereocenters. The zero-order valence-electron chi connectivity index (χ0n) is 29.8. The molecule has 2 nitrogen and oxygen atoms in total. The van der Waals surface area contributed by atoms with Crippen molar-refractivity contribution in [1.82, 2.24) is 0 Å². The summed E-state index contributed by atoms with van der Waals surface area (Å²) in [7, 11) is 0. The van der Waals surface area contributed by atoms with E-state index in [0.29, 0.717) is 0 Å². The van der Waals surface area contributed by atoms with E-state index in [-0.39, 0.29) is 0 Å². The molecule has 0 aliphatic heterocycles. The van der Waals surface area contributed by atoms with E-state index in [1.54, 1.807) is 0 Å². The minimum Gasteiger partial charge on any atom is -0.453 e. The van der Waals surface area contributed by atoms with Gasteiger partial charge in [-0.25, -0.2) is 0 Å². The minimum atomic E-state index is 0.855. The smallest absolute Gasteiger partial charge is 0.159 e. The van der Waals surface area contributed by atoms with Crippen molar-refractivity contribution in [3.05, 3.63) is 200 Å². The molecule has 0 aliphatic rings. The maximum absolute atomic E-state index is 7.12. The number of benzene rings is 9. The number of nitrogens with zero attached hydrogens (tertiary/aromatic N) is 1. The van der Waals surface area contributed by atoms with Crippen molar-refractivity contribution >= 4 is 81.3 Å². The fourth-order valence-corrected chi connectivity index (χ4v) is 9.23. The van der Waals surface area contributed by atoms with Gasteiger partial charge in [0.2, 0.25) is 0 Å². The molecule has 0 radical (unpaired) electrons. The standard InChI is InChI=1S/C52H33NOS/c1-3-12-34(13-4-1)40-31-45(37-15-5-2-6-16-37)51-47(32-40)44-19-11-20-48(52(44)54-51)53(42-28-29-50-46(33-42)43-18-9-10-21-49(43)55-50)41-26-24-36(25-27-41)39-23-22-35-14-7-8-17-38(35)30-39/h1-33H. The molecule has 0 N–H and O–H groups in total. The van der Waals surface area contributed by atoms with Crippen molar-refractivity contribution in [3.8, 4) is 33.4 Å². The molecule has 3 heteroatoms. The summed E-state index contributed by atoms with van der Waals surface area (Å²) < 4.78 is 9.69. The maximum Gasteiger partial charge on any atom is 0.159 e. The molecule has 0 fully saturated rings. The summed E-state index contributed by atoms with van der Waals surface area (Å²) in [5, 5.41) is 7.20. The van der Waals surface area contributed by atoms with E-state index in [9.17, 15) is 0 Å². The number of fused-ring (bicyclic) bond motifs is 7. The van der Waals surface area contributed by atoms with Gasteiger partial charge in [0, 0.05) is 47.9 Å². The highest BCUT2D eigenvalue weighted by atomic mass is 32.1. The Bertz CT molecular complexity index is 3190. The number of hydrogen-bond acceptors (Lipinski definition) is 3. The first-order chi connectivity index (χ1) is 27.2. The summed E-state index contributed by atoms with van der Waals surface area (Å²) in [6, 6.07) is 72.1. The molecule has 55 heavy (non-hydrogen) atoms. The average molecular weight is 720 g/mol. The number of anilines is 3. The zero-order chi connectivity index (χ0) is 36.3. The van der Waals surface area contributed by atoms with Crippen LogP contribution in [0.15, 0.2) is 205 Å². The quantitative estimate of drug-likeness (QED) is 0.170. The second kappa shape index (κ2) is 12.9. The van der Waals surface area contributed by atoms with Gasteiger partial charge in [-0.2, -0.15) is 0 Å². The Hall–Kier alpha value is -6.94. The fourth-order valence-electron chi connectivity index (χ4n) is 8.14. The number of hydrogen-bond donors (Lipinski definition) is 0. The molecule has 0 saturated carbocycles. The van der Waals surface area contributed by atoms with Crippen LogP contribution >= 0.6 is 11.3 Å². The van der Waals surface area contributed by atoms with Gasteiger partial charge in [0.15, 0.2) is 5.58 Å². The molecule has 11 rings (SSSR count). The molecule has 11 aromatic rings. The van der Waals surface area contributed by atoms with E-state index in [2.05, 4.69) is 205 Å². The highest BCUT2D eigenvalue weighted by Gasteiger charge is 2.22. The average Bonchev–Trinajstić information content (AvgIpc) is 3.83. The summed E-state index contributed by atoms with van der Waals surface area (Å²) in [6.45, 7) is 0. The molecular weight excluding hydrogens is 687 g/mol. The fraction of sp³-hybridized carbons (Fsp3) is 0. The van der Waals surface area contributed by atoms with Gasteiger partial charge in [0.1, 0.15) is 5.58 Å². The Kier molecular flexibility index (Phi) is 7.39. The van der Waals surface area contributed by atoms with Crippen LogP contribution in [-0.4, -0.2) is 0 Å². The van der Waals surface area contributed by atoms with Gasteiger partial charge in [0.05, 0.1) is 5.69 Å². The molecule has 0 saturated heterocycles. The van der Waals surface area contributed by atoms with Crippen LogP contribution < -0.4 is 4.90 Å². The van der Waals surface area contributed by atoms with Crippen molar-refractivity contribution in [3.63, 3.8) is 0 Å². The lowest BCUT2D eigenvalue weighted by Crippen LogP contribution is -2.10. The van der Waals surface area contributed by atoms with Crippen molar-refractivity contribution < 1.29 is 4.42 Å². The first-order valence-electron chi connectivity index (χ1n) is 18.7. The van der Waals surface area contributed by atoms with Crippen LogP contribution in [0.3, 0.4) is 0 Å². The number of thiophene rings is 1. The summed E-state index contributed by atoms with van der Waals surface area (Å²) >= 11 is 1.84. The maximum atomic E-state index is 7.12. The molecule has 258 valence electrons. The van der Waals surface area contributed by atoms with E-state index in [1.807, 2.05) is 11.3 Å². The van der Waals surface area contributed by atoms with E-state index in [1.165, 1.54) is 47.6 Å². The highest BCUT2D eigenvalue weighted by Crippen LogP contribution is 2.47. The Labute approximate surface area is 322 Å². The van der Waals surface area contributed by atoms with Crippen LogP contribution in [0, 0.1) is 0 Å². The second-order valence-electron chi connectivity index (χ2n) is 14.1. The monoisotopic (exact) mass is 719 g/mol. The lowest BCUT2D eigenvalue weighted by molar-refractivity contribution is 0.670. The van der Waals surface area contributed by atoms with E-state index >= 15 is 0 Å². The number of furan rings is 1. The van der Waals surface area contributed by atoms with Crippen LogP contribution in [0.5, 0.6) is 0 Å². The SMILES string of the molecule is c1ccc(-c2cc(-c3ccccc3)c3oc4c(N(c5ccc(-c6ccc7ccccc7c6)cc5)c5ccc6sc7ccccc7c6c5)cccc4c3c2)cc1. The zero-order valence-corrected chi connectivity index (χ0v) is 30.6. The number of para-hydroxylation sites is 1. The van der Waals surface area contributed by atoms with Crippen LogP contribution in [0.25, 0.3) is 86.3 Å². The first kappa shape index (κ1) is 31.6. The molecule has 0 unspecified atom stereocenters.